The van der Waals surface area contributed by atoms with Gasteiger partial charge in [0.15, 0.2) is 0 Å². The fraction of sp³-hybridized carbons (Fsp3) is 0.824. The van der Waals surface area contributed by atoms with Crippen LogP contribution in [0.2, 0.25) is 0 Å². The van der Waals surface area contributed by atoms with Crippen LogP contribution in [0.15, 0.2) is 0 Å². The average molecular weight is 354 g/mol. The molecule has 1 fully saturated rings. The van der Waals surface area contributed by atoms with Gasteiger partial charge in [-0.3, -0.25) is 10.2 Å². The predicted molar refractivity (Wildman–Crippen MR) is 99.7 cm³/mol. The summed E-state index contributed by atoms with van der Waals surface area (Å²) in [6.45, 7) is 10.2. The Bertz CT molecular complexity index is 539. The van der Waals surface area contributed by atoms with Crippen LogP contribution in [-0.4, -0.2) is 47.4 Å². The summed E-state index contributed by atoms with van der Waals surface area (Å²) in [4.78, 5) is 16.0. The van der Waals surface area contributed by atoms with Gasteiger partial charge in [0.2, 0.25) is 5.13 Å². The Morgan fingerprint density at radius 2 is 1.92 bits per heavy atom. The minimum absolute atomic E-state index is 0.00454. The van der Waals surface area contributed by atoms with Crippen LogP contribution in [0.1, 0.15) is 64.8 Å². The lowest BCUT2D eigenvalue weighted by Gasteiger charge is -2.21. The Morgan fingerprint density at radius 1 is 1.21 bits per heavy atom. The van der Waals surface area contributed by atoms with Gasteiger partial charge in [-0.05, 0) is 13.0 Å². The van der Waals surface area contributed by atoms with Gasteiger partial charge < -0.3 is 4.90 Å². The molecule has 7 heteroatoms. The highest BCUT2D eigenvalue weighted by Gasteiger charge is 2.38. The summed E-state index contributed by atoms with van der Waals surface area (Å²) in [6, 6.07) is -0.00454. The van der Waals surface area contributed by atoms with E-state index in [4.69, 9.17) is 0 Å². The van der Waals surface area contributed by atoms with Crippen LogP contribution in [0.3, 0.4) is 0 Å². The van der Waals surface area contributed by atoms with Gasteiger partial charge in [0.25, 0.3) is 0 Å². The van der Waals surface area contributed by atoms with E-state index in [1.54, 1.807) is 9.80 Å². The molecular formula is C17H31N5OS. The van der Waals surface area contributed by atoms with Gasteiger partial charge in [-0.15, -0.1) is 10.2 Å². The number of amides is 2. The van der Waals surface area contributed by atoms with Crippen LogP contribution in [0.25, 0.3) is 0 Å². The van der Waals surface area contributed by atoms with E-state index < -0.39 is 0 Å². The summed E-state index contributed by atoms with van der Waals surface area (Å²) >= 11 is 1.51. The van der Waals surface area contributed by atoms with Crippen molar-refractivity contribution >= 4 is 22.5 Å². The Kier molecular flexibility index (Phi) is 6.57. The Balaban J connectivity index is 1.97. The summed E-state index contributed by atoms with van der Waals surface area (Å²) < 4.78 is 0. The molecule has 1 N–H and O–H groups in total. The molecule has 0 aliphatic carbocycles. The zero-order valence-corrected chi connectivity index (χ0v) is 16.4. The van der Waals surface area contributed by atoms with E-state index in [-0.39, 0.29) is 17.6 Å². The fourth-order valence-electron chi connectivity index (χ4n) is 2.72. The number of hydrogen-bond donors (Lipinski definition) is 1. The zero-order chi connectivity index (χ0) is 17.7. The molecule has 0 spiro atoms. The number of anilines is 1. The maximum Gasteiger partial charge on any atom is 0.327 e. The predicted octanol–water partition coefficient (Wildman–Crippen LogP) is 3.59. The molecule has 0 bridgehead atoms. The minimum atomic E-state index is -0.0488. The number of nitrogens with zero attached hydrogens (tertiary/aromatic N) is 4. The smallest absolute Gasteiger partial charge is 0.324 e. The third-order valence-electron chi connectivity index (χ3n) is 4.21. The Hall–Kier alpha value is -1.21. The van der Waals surface area contributed by atoms with Crippen molar-refractivity contribution < 1.29 is 4.79 Å². The van der Waals surface area contributed by atoms with Crippen molar-refractivity contribution in [2.45, 2.75) is 71.4 Å². The molecule has 1 atom stereocenters. The Labute approximate surface area is 149 Å². The molecule has 0 aromatic carbocycles. The topological polar surface area (TPSA) is 61.4 Å². The maximum absolute atomic E-state index is 12.5. The van der Waals surface area contributed by atoms with Crippen LogP contribution in [-0.2, 0) is 5.41 Å². The SMILES string of the molecule is CCCCCCCNC1CN(C)C(=O)N1c1nnc(C(C)(C)C)s1. The largest absolute Gasteiger partial charge is 0.327 e. The number of likely N-dealkylation sites (N-methyl/N-ethyl adjacent to an activating group) is 1. The summed E-state index contributed by atoms with van der Waals surface area (Å²) in [5, 5.41) is 13.7. The van der Waals surface area contributed by atoms with E-state index in [0.717, 1.165) is 18.0 Å². The number of urea groups is 1. The number of rotatable bonds is 8. The number of carbonyl (C=O) groups is 1. The molecule has 2 rings (SSSR count). The maximum atomic E-state index is 12.5. The van der Waals surface area contributed by atoms with Gasteiger partial charge in [-0.25, -0.2) is 4.79 Å². The second-order valence-electron chi connectivity index (χ2n) is 7.56. The van der Waals surface area contributed by atoms with Crippen LogP contribution >= 0.6 is 11.3 Å². The summed E-state index contributed by atoms with van der Waals surface area (Å²) in [5.41, 5.74) is -0.0488. The number of nitrogens with one attached hydrogen (secondary N) is 1. The molecule has 1 aliphatic rings. The van der Waals surface area contributed by atoms with Gasteiger partial charge in [-0.1, -0.05) is 64.7 Å². The second kappa shape index (κ2) is 8.25. The monoisotopic (exact) mass is 353 g/mol. The lowest BCUT2D eigenvalue weighted by molar-refractivity contribution is 0.229. The quantitative estimate of drug-likeness (QED) is 0.726. The molecule has 1 saturated heterocycles. The average Bonchev–Trinajstić information content (AvgIpc) is 3.09. The Morgan fingerprint density at radius 3 is 2.54 bits per heavy atom. The first-order valence-electron chi connectivity index (χ1n) is 8.96. The number of hydrogen-bond acceptors (Lipinski definition) is 5. The number of carbonyl (C=O) groups excluding carboxylic acids is 1. The van der Waals surface area contributed by atoms with Crippen LogP contribution < -0.4 is 10.2 Å². The highest BCUT2D eigenvalue weighted by atomic mass is 32.1. The molecule has 2 amide bonds. The second-order valence-corrected chi connectivity index (χ2v) is 8.51. The number of aromatic nitrogens is 2. The third-order valence-corrected chi connectivity index (χ3v) is 5.56. The minimum Gasteiger partial charge on any atom is -0.324 e. The first-order chi connectivity index (χ1) is 11.3. The van der Waals surface area contributed by atoms with Crippen LogP contribution in [0.4, 0.5) is 9.93 Å². The normalized spacial score (nSPS) is 18.7. The molecule has 2 heterocycles. The van der Waals surface area contributed by atoms with Crippen molar-refractivity contribution in [3.05, 3.63) is 5.01 Å². The molecule has 1 aromatic heterocycles. The van der Waals surface area contributed by atoms with E-state index in [1.807, 2.05) is 7.05 Å². The molecule has 24 heavy (non-hydrogen) atoms. The van der Waals surface area contributed by atoms with Crippen molar-refractivity contribution in [3.63, 3.8) is 0 Å². The molecule has 1 aromatic rings. The van der Waals surface area contributed by atoms with Crippen LogP contribution in [0.5, 0.6) is 0 Å². The van der Waals surface area contributed by atoms with Gasteiger partial charge >= 0.3 is 6.03 Å². The van der Waals surface area contributed by atoms with Crippen molar-refractivity contribution in [1.82, 2.24) is 20.4 Å². The first-order valence-corrected chi connectivity index (χ1v) is 9.78. The summed E-state index contributed by atoms with van der Waals surface area (Å²) in [7, 11) is 1.84. The van der Waals surface area contributed by atoms with E-state index in [2.05, 4.69) is 43.2 Å². The first kappa shape index (κ1) is 19.1. The molecule has 1 aliphatic heterocycles. The van der Waals surface area contributed by atoms with Gasteiger partial charge in [0, 0.05) is 12.5 Å². The molecule has 0 radical (unpaired) electrons. The highest BCUT2D eigenvalue weighted by Crippen LogP contribution is 2.32. The molecule has 6 nitrogen and oxygen atoms in total. The van der Waals surface area contributed by atoms with Crippen molar-refractivity contribution in [3.8, 4) is 0 Å². The zero-order valence-electron chi connectivity index (χ0n) is 15.6. The lowest BCUT2D eigenvalue weighted by Crippen LogP contribution is -2.44. The van der Waals surface area contributed by atoms with Crippen LogP contribution in [0, 0.1) is 0 Å². The fourth-order valence-corrected chi connectivity index (χ4v) is 3.67. The van der Waals surface area contributed by atoms with Crippen molar-refractivity contribution in [2.24, 2.45) is 0 Å². The molecule has 0 saturated carbocycles. The van der Waals surface area contributed by atoms with Gasteiger partial charge in [0.1, 0.15) is 11.2 Å². The molecule has 136 valence electrons. The van der Waals surface area contributed by atoms with E-state index in [9.17, 15) is 4.79 Å². The number of unbranched alkanes of at least 4 members (excludes halogenated alkanes) is 4. The van der Waals surface area contributed by atoms with E-state index in [1.165, 1.54) is 37.0 Å². The van der Waals surface area contributed by atoms with Crippen molar-refractivity contribution in [1.29, 1.82) is 0 Å². The third kappa shape index (κ3) is 4.66. The van der Waals surface area contributed by atoms with E-state index in [0.29, 0.717) is 11.7 Å². The standard InChI is InChI=1S/C17H31N5OS/c1-6-7-8-9-10-11-18-13-12-21(5)16(23)22(13)15-20-19-14(24-15)17(2,3)4/h13,18H,6-12H2,1-5H3. The van der Waals surface area contributed by atoms with Gasteiger partial charge in [-0.2, -0.15) is 0 Å². The molecule has 1 unspecified atom stereocenters. The summed E-state index contributed by atoms with van der Waals surface area (Å²) in [6.07, 6.45) is 6.22. The highest BCUT2D eigenvalue weighted by molar-refractivity contribution is 7.15. The van der Waals surface area contributed by atoms with Gasteiger partial charge in [0.05, 0.1) is 6.54 Å². The summed E-state index contributed by atoms with van der Waals surface area (Å²) in [5.74, 6) is 0. The molecular weight excluding hydrogens is 322 g/mol. The lowest BCUT2D eigenvalue weighted by atomic mass is 9.98. The van der Waals surface area contributed by atoms with E-state index >= 15 is 0 Å². The van der Waals surface area contributed by atoms with Crippen molar-refractivity contribution in [2.75, 3.05) is 25.0 Å².